The topological polar surface area (TPSA) is 118 Å². The Hall–Kier alpha value is -3.88. The molecule has 0 aliphatic rings. The third-order valence-electron chi connectivity index (χ3n) is 4.18. The standard InChI is InChI=1S/C23H28N4O5/c1-5-15(3)31-23(30)27-22(26-21(29)6-2)25-20-14-18(12-13-19(20)24-16(4)28)32-17-10-8-7-9-11-17/h7-15H,5-6H2,1-4H3,(H,24,28)(H2,25,26,27,29,30). The van der Waals surface area contributed by atoms with E-state index in [4.69, 9.17) is 9.47 Å². The van der Waals surface area contributed by atoms with Crippen LogP contribution in [0.1, 0.15) is 40.5 Å². The van der Waals surface area contributed by atoms with Crippen molar-refractivity contribution in [3.63, 3.8) is 0 Å². The van der Waals surface area contributed by atoms with Crippen LogP contribution in [0, 0.1) is 0 Å². The summed E-state index contributed by atoms with van der Waals surface area (Å²) in [5.74, 6) is 0.215. The summed E-state index contributed by atoms with van der Waals surface area (Å²) in [6, 6.07) is 14.1. The number of benzene rings is 2. The summed E-state index contributed by atoms with van der Waals surface area (Å²) in [5.41, 5.74) is 0.770. The zero-order valence-corrected chi connectivity index (χ0v) is 18.6. The van der Waals surface area contributed by atoms with E-state index >= 15 is 0 Å². The van der Waals surface area contributed by atoms with Crippen molar-refractivity contribution in [2.45, 2.75) is 46.6 Å². The van der Waals surface area contributed by atoms with Gasteiger partial charge in [0.15, 0.2) is 0 Å². The van der Waals surface area contributed by atoms with E-state index in [9.17, 15) is 14.4 Å². The van der Waals surface area contributed by atoms with E-state index < -0.39 is 12.0 Å². The van der Waals surface area contributed by atoms with Crippen molar-refractivity contribution in [2.75, 3.05) is 10.6 Å². The molecule has 0 saturated carbocycles. The lowest BCUT2D eigenvalue weighted by Gasteiger charge is -2.17. The molecule has 9 nitrogen and oxygen atoms in total. The molecule has 0 fully saturated rings. The molecule has 0 aliphatic heterocycles. The van der Waals surface area contributed by atoms with Gasteiger partial charge in [0.1, 0.15) is 17.6 Å². The second kappa shape index (κ2) is 12.1. The summed E-state index contributed by atoms with van der Waals surface area (Å²) < 4.78 is 11.0. The summed E-state index contributed by atoms with van der Waals surface area (Å²) in [4.78, 5) is 39.7. The lowest BCUT2D eigenvalue weighted by molar-refractivity contribution is -0.117. The van der Waals surface area contributed by atoms with Crippen LogP contribution < -0.4 is 20.7 Å². The van der Waals surface area contributed by atoms with E-state index in [0.717, 1.165) is 0 Å². The number of alkyl carbamates (subject to hydrolysis) is 1. The molecule has 0 bridgehead atoms. The molecule has 0 radical (unpaired) electrons. The quantitative estimate of drug-likeness (QED) is 0.425. The Morgan fingerprint density at radius 2 is 1.69 bits per heavy atom. The van der Waals surface area contributed by atoms with Crippen LogP contribution in [-0.4, -0.2) is 30.0 Å². The molecule has 1 atom stereocenters. The van der Waals surface area contributed by atoms with Crippen LogP contribution in [0.4, 0.5) is 16.2 Å². The van der Waals surface area contributed by atoms with Gasteiger partial charge in [0.05, 0.1) is 11.4 Å². The van der Waals surface area contributed by atoms with Crippen LogP contribution in [-0.2, 0) is 14.3 Å². The molecule has 2 aromatic carbocycles. The first-order valence-corrected chi connectivity index (χ1v) is 10.3. The molecule has 2 rings (SSSR count). The summed E-state index contributed by atoms with van der Waals surface area (Å²) in [6.07, 6.45) is -0.293. The van der Waals surface area contributed by atoms with Crippen molar-refractivity contribution in [3.8, 4) is 11.5 Å². The minimum Gasteiger partial charge on any atom is -0.457 e. The third-order valence-corrected chi connectivity index (χ3v) is 4.18. The number of anilines is 2. The van der Waals surface area contributed by atoms with Gasteiger partial charge >= 0.3 is 6.09 Å². The number of para-hydroxylation sites is 1. The number of aliphatic imine (C=N–C) groups is 1. The van der Waals surface area contributed by atoms with Crippen LogP contribution in [0.15, 0.2) is 53.5 Å². The Morgan fingerprint density at radius 3 is 2.31 bits per heavy atom. The van der Waals surface area contributed by atoms with Crippen LogP contribution in [0.5, 0.6) is 11.5 Å². The highest BCUT2D eigenvalue weighted by Crippen LogP contribution is 2.30. The molecule has 0 aromatic heterocycles. The fourth-order valence-corrected chi connectivity index (χ4v) is 2.42. The first-order chi connectivity index (χ1) is 15.3. The van der Waals surface area contributed by atoms with Gasteiger partial charge in [-0.1, -0.05) is 32.0 Å². The van der Waals surface area contributed by atoms with Gasteiger partial charge in [-0.25, -0.2) is 4.79 Å². The number of nitrogens with one attached hydrogen (secondary N) is 3. The number of rotatable bonds is 7. The molecule has 3 amide bonds. The number of carbonyl (C=O) groups is 3. The van der Waals surface area contributed by atoms with Crippen LogP contribution >= 0.6 is 0 Å². The van der Waals surface area contributed by atoms with Gasteiger partial charge in [-0.15, -0.1) is 0 Å². The average molecular weight is 441 g/mol. The molecular formula is C23H28N4O5. The van der Waals surface area contributed by atoms with Gasteiger partial charge < -0.3 is 20.1 Å². The molecule has 170 valence electrons. The van der Waals surface area contributed by atoms with Crippen LogP contribution in [0.3, 0.4) is 0 Å². The average Bonchev–Trinajstić information content (AvgIpc) is 2.75. The van der Waals surface area contributed by atoms with Gasteiger partial charge in [0.25, 0.3) is 0 Å². The van der Waals surface area contributed by atoms with Crippen LogP contribution in [0.25, 0.3) is 0 Å². The largest absolute Gasteiger partial charge is 0.457 e. The van der Waals surface area contributed by atoms with E-state index in [2.05, 4.69) is 20.9 Å². The highest BCUT2D eigenvalue weighted by atomic mass is 16.6. The van der Waals surface area contributed by atoms with E-state index in [-0.39, 0.29) is 24.4 Å². The Kier molecular flexibility index (Phi) is 9.22. The molecule has 0 aliphatic carbocycles. The SMILES string of the molecule is CCC(=O)N=C(NC(=O)OC(C)CC)Nc1cc(Oc2ccccc2)ccc1NC(C)=O. The molecule has 3 N–H and O–H groups in total. The monoisotopic (exact) mass is 440 g/mol. The molecule has 1 unspecified atom stereocenters. The minimum absolute atomic E-state index is 0.131. The van der Waals surface area contributed by atoms with E-state index in [1.807, 2.05) is 25.1 Å². The number of hydrogen-bond donors (Lipinski definition) is 3. The highest BCUT2D eigenvalue weighted by molar-refractivity contribution is 6.09. The van der Waals surface area contributed by atoms with Crippen molar-refractivity contribution in [1.29, 1.82) is 0 Å². The zero-order chi connectivity index (χ0) is 23.5. The van der Waals surface area contributed by atoms with Gasteiger partial charge in [-0.2, -0.15) is 4.99 Å². The summed E-state index contributed by atoms with van der Waals surface area (Å²) in [6.45, 7) is 6.65. The maximum Gasteiger partial charge on any atom is 0.414 e. The van der Waals surface area contributed by atoms with Gasteiger partial charge in [0, 0.05) is 19.4 Å². The van der Waals surface area contributed by atoms with Crippen molar-refractivity contribution in [1.82, 2.24) is 5.32 Å². The van der Waals surface area contributed by atoms with Gasteiger partial charge in [0.2, 0.25) is 17.8 Å². The Morgan fingerprint density at radius 1 is 0.969 bits per heavy atom. The molecular weight excluding hydrogens is 412 g/mol. The second-order valence-electron chi connectivity index (χ2n) is 6.89. The highest BCUT2D eigenvalue weighted by Gasteiger charge is 2.15. The number of carbonyl (C=O) groups excluding carboxylic acids is 3. The lowest BCUT2D eigenvalue weighted by Crippen LogP contribution is -2.38. The number of amides is 3. The molecule has 0 spiro atoms. The number of hydrogen-bond acceptors (Lipinski definition) is 5. The number of ether oxygens (including phenoxy) is 2. The van der Waals surface area contributed by atoms with E-state index in [0.29, 0.717) is 29.3 Å². The molecule has 0 heterocycles. The minimum atomic E-state index is -0.757. The van der Waals surface area contributed by atoms with Gasteiger partial charge in [-0.3, -0.25) is 14.9 Å². The normalized spacial score (nSPS) is 11.8. The maximum atomic E-state index is 12.2. The van der Waals surface area contributed by atoms with E-state index in [1.54, 1.807) is 44.2 Å². The molecule has 9 heteroatoms. The first-order valence-electron chi connectivity index (χ1n) is 10.3. The first kappa shape index (κ1) is 24.4. The number of nitrogens with zero attached hydrogens (tertiary/aromatic N) is 1. The van der Waals surface area contributed by atoms with Crippen molar-refractivity contribution >= 4 is 35.2 Å². The summed E-state index contributed by atoms with van der Waals surface area (Å²) in [5, 5.41) is 8.03. The predicted molar refractivity (Wildman–Crippen MR) is 123 cm³/mol. The Bertz CT molecular complexity index is 976. The molecule has 0 saturated heterocycles. The van der Waals surface area contributed by atoms with Crippen molar-refractivity contribution in [3.05, 3.63) is 48.5 Å². The van der Waals surface area contributed by atoms with Crippen LogP contribution in [0.2, 0.25) is 0 Å². The lowest BCUT2D eigenvalue weighted by atomic mass is 10.2. The molecule has 32 heavy (non-hydrogen) atoms. The fraction of sp³-hybridized carbons (Fsp3) is 0.304. The maximum absolute atomic E-state index is 12.2. The third kappa shape index (κ3) is 8.10. The predicted octanol–water partition coefficient (Wildman–Crippen LogP) is 4.67. The van der Waals surface area contributed by atoms with E-state index in [1.165, 1.54) is 6.92 Å². The Balaban J connectivity index is 2.34. The second-order valence-corrected chi connectivity index (χ2v) is 6.89. The zero-order valence-electron chi connectivity index (χ0n) is 18.6. The molecule has 2 aromatic rings. The van der Waals surface area contributed by atoms with Crippen molar-refractivity contribution in [2.24, 2.45) is 4.99 Å². The Labute approximate surface area is 187 Å². The number of guanidine groups is 1. The van der Waals surface area contributed by atoms with Gasteiger partial charge in [-0.05, 0) is 37.6 Å². The smallest absolute Gasteiger partial charge is 0.414 e. The van der Waals surface area contributed by atoms with Crippen molar-refractivity contribution < 1.29 is 23.9 Å². The fourth-order valence-electron chi connectivity index (χ4n) is 2.42. The summed E-state index contributed by atoms with van der Waals surface area (Å²) in [7, 11) is 0. The summed E-state index contributed by atoms with van der Waals surface area (Å²) >= 11 is 0.